The third-order valence-electron chi connectivity index (χ3n) is 2.59. The molecule has 0 N–H and O–H groups in total. The minimum Gasteiger partial charge on any atom is -0.300 e. The summed E-state index contributed by atoms with van der Waals surface area (Å²) in [5.74, 6) is -1.95. The van der Waals surface area contributed by atoms with E-state index in [-0.39, 0.29) is 24.7 Å². The molecular formula is C14H25NO6. The Morgan fingerprint density at radius 3 is 1.67 bits per heavy atom. The lowest BCUT2D eigenvalue weighted by Gasteiger charge is -2.16. The molecule has 0 aliphatic carbocycles. The van der Waals surface area contributed by atoms with Gasteiger partial charge in [0.1, 0.15) is 0 Å². The van der Waals surface area contributed by atoms with Crippen LogP contribution in [0.2, 0.25) is 0 Å². The lowest BCUT2D eigenvalue weighted by atomic mass is 10.1. The molecule has 0 amide bonds. The monoisotopic (exact) mass is 303 g/mol. The van der Waals surface area contributed by atoms with Gasteiger partial charge in [-0.05, 0) is 6.42 Å². The van der Waals surface area contributed by atoms with Crippen molar-refractivity contribution in [3.63, 3.8) is 0 Å². The van der Waals surface area contributed by atoms with E-state index < -0.39 is 17.9 Å². The molecule has 0 bridgehead atoms. The van der Waals surface area contributed by atoms with E-state index in [4.69, 9.17) is 4.84 Å². The summed E-state index contributed by atoms with van der Waals surface area (Å²) in [6.45, 7) is 5.24. The van der Waals surface area contributed by atoms with Gasteiger partial charge >= 0.3 is 17.9 Å². The predicted octanol–water partition coefficient (Wildman–Crippen LogP) is 2.84. The highest BCUT2D eigenvalue weighted by Gasteiger charge is 2.20. The second kappa shape index (κ2) is 12.1. The minimum atomic E-state index is -0.672. The van der Waals surface area contributed by atoms with Crippen LogP contribution in [0.3, 0.4) is 0 Å². The fraction of sp³-hybridized carbons (Fsp3) is 0.786. The van der Waals surface area contributed by atoms with Crippen LogP contribution in [0.4, 0.5) is 0 Å². The van der Waals surface area contributed by atoms with E-state index in [0.717, 1.165) is 25.7 Å². The maximum absolute atomic E-state index is 11.6. The molecule has 0 saturated carbocycles. The molecule has 122 valence electrons. The van der Waals surface area contributed by atoms with E-state index in [1.807, 2.05) is 0 Å². The molecule has 7 nitrogen and oxygen atoms in total. The molecule has 0 spiro atoms. The fourth-order valence-electron chi connectivity index (χ4n) is 1.35. The van der Waals surface area contributed by atoms with E-state index in [1.54, 1.807) is 13.8 Å². The molecule has 7 heteroatoms. The molecule has 0 aromatic heterocycles. The van der Waals surface area contributed by atoms with Crippen molar-refractivity contribution in [2.24, 2.45) is 0 Å². The summed E-state index contributed by atoms with van der Waals surface area (Å²) in [4.78, 5) is 47.8. The minimum absolute atomic E-state index is 0.0642. The largest absolute Gasteiger partial charge is 0.332 e. The third kappa shape index (κ3) is 10.8. The lowest BCUT2D eigenvalue weighted by Crippen LogP contribution is -2.32. The van der Waals surface area contributed by atoms with E-state index in [0.29, 0.717) is 6.42 Å². The summed E-state index contributed by atoms with van der Waals surface area (Å²) >= 11 is 0. The van der Waals surface area contributed by atoms with Gasteiger partial charge in [0.05, 0.1) is 0 Å². The SMILES string of the molecule is CCCCCCCC(=O)ON(OC(=O)CC)OC(=O)CC. The van der Waals surface area contributed by atoms with Gasteiger partial charge in [-0.15, -0.1) is 0 Å². The Hall–Kier alpha value is -1.63. The van der Waals surface area contributed by atoms with Gasteiger partial charge < -0.3 is 14.5 Å². The van der Waals surface area contributed by atoms with Crippen molar-refractivity contribution in [3.8, 4) is 0 Å². The highest BCUT2D eigenvalue weighted by atomic mass is 17.2. The Bertz CT molecular complexity index is 313. The Labute approximate surface area is 125 Å². The van der Waals surface area contributed by atoms with Crippen molar-refractivity contribution < 1.29 is 28.9 Å². The van der Waals surface area contributed by atoms with Crippen molar-refractivity contribution >= 4 is 17.9 Å². The fourth-order valence-corrected chi connectivity index (χ4v) is 1.35. The van der Waals surface area contributed by atoms with Gasteiger partial charge in [-0.25, -0.2) is 0 Å². The summed E-state index contributed by atoms with van der Waals surface area (Å²) in [6, 6.07) is 0. The van der Waals surface area contributed by atoms with E-state index in [9.17, 15) is 14.4 Å². The molecular weight excluding hydrogens is 278 g/mol. The van der Waals surface area contributed by atoms with Gasteiger partial charge in [-0.1, -0.05) is 46.5 Å². The number of unbranched alkanes of at least 4 members (excludes halogenated alkanes) is 4. The van der Waals surface area contributed by atoms with Crippen molar-refractivity contribution in [1.82, 2.24) is 5.39 Å². The van der Waals surface area contributed by atoms with Crippen LogP contribution in [0.25, 0.3) is 0 Å². The Kier molecular flexibility index (Phi) is 11.2. The van der Waals surface area contributed by atoms with Crippen molar-refractivity contribution in [3.05, 3.63) is 0 Å². The van der Waals surface area contributed by atoms with E-state index >= 15 is 0 Å². The van der Waals surface area contributed by atoms with Crippen LogP contribution in [-0.2, 0) is 28.9 Å². The highest BCUT2D eigenvalue weighted by Crippen LogP contribution is 2.08. The van der Waals surface area contributed by atoms with Crippen molar-refractivity contribution in [2.75, 3.05) is 0 Å². The average Bonchev–Trinajstić information content (AvgIpc) is 2.46. The summed E-state index contributed by atoms with van der Waals surface area (Å²) in [7, 11) is 0. The quantitative estimate of drug-likeness (QED) is 0.428. The molecule has 0 aliphatic rings. The first-order valence-electron chi connectivity index (χ1n) is 7.45. The maximum atomic E-state index is 11.6. The van der Waals surface area contributed by atoms with Gasteiger partial charge in [-0.2, -0.15) is 0 Å². The van der Waals surface area contributed by atoms with Crippen LogP contribution in [0.5, 0.6) is 0 Å². The third-order valence-corrected chi connectivity index (χ3v) is 2.59. The van der Waals surface area contributed by atoms with Crippen LogP contribution in [0.1, 0.15) is 72.1 Å². The van der Waals surface area contributed by atoms with Crippen molar-refractivity contribution in [2.45, 2.75) is 72.1 Å². The number of carbonyl (C=O) groups excluding carboxylic acids is 3. The zero-order chi connectivity index (χ0) is 16.1. The topological polar surface area (TPSA) is 82.1 Å². The number of carbonyl (C=O) groups is 3. The Morgan fingerprint density at radius 1 is 0.714 bits per heavy atom. The molecule has 0 fully saturated rings. The van der Waals surface area contributed by atoms with Crippen molar-refractivity contribution in [1.29, 1.82) is 0 Å². The van der Waals surface area contributed by atoms with E-state index in [1.165, 1.54) is 0 Å². The van der Waals surface area contributed by atoms with Crippen LogP contribution in [0.15, 0.2) is 0 Å². The van der Waals surface area contributed by atoms with Gasteiger partial charge in [0.2, 0.25) is 5.39 Å². The molecule has 21 heavy (non-hydrogen) atoms. The standard InChI is InChI=1S/C14H25NO6/c1-4-7-8-9-10-11-14(18)21-15(19-12(16)5-2)20-13(17)6-3/h4-11H2,1-3H3. The second-order valence-corrected chi connectivity index (χ2v) is 4.48. The highest BCUT2D eigenvalue weighted by molar-refractivity contribution is 5.71. The van der Waals surface area contributed by atoms with Gasteiger partial charge in [-0.3, -0.25) is 14.4 Å². The van der Waals surface area contributed by atoms with Gasteiger partial charge in [0.25, 0.3) is 0 Å². The zero-order valence-corrected chi connectivity index (χ0v) is 13.1. The molecule has 0 aromatic carbocycles. The average molecular weight is 303 g/mol. The summed E-state index contributed by atoms with van der Waals surface area (Å²) < 4.78 is 0. The number of hydrogen-bond acceptors (Lipinski definition) is 7. The summed E-state index contributed by atoms with van der Waals surface area (Å²) in [6.07, 6.45) is 5.21. The van der Waals surface area contributed by atoms with Gasteiger partial charge in [0.15, 0.2) is 0 Å². The first-order valence-corrected chi connectivity index (χ1v) is 7.45. The molecule has 0 unspecified atom stereocenters. The predicted molar refractivity (Wildman–Crippen MR) is 74.1 cm³/mol. The molecule has 0 saturated heterocycles. The summed E-state index contributed by atoms with van der Waals surface area (Å²) in [5, 5.41) is 0.200. The lowest BCUT2D eigenvalue weighted by molar-refractivity contribution is -0.464. The number of nitrogens with zero attached hydrogens (tertiary/aromatic N) is 1. The second-order valence-electron chi connectivity index (χ2n) is 4.48. The molecule has 0 rings (SSSR count). The normalized spacial score (nSPS) is 10.3. The molecule has 0 heterocycles. The van der Waals surface area contributed by atoms with Crippen LogP contribution < -0.4 is 0 Å². The maximum Gasteiger partial charge on any atom is 0.332 e. The molecule has 0 radical (unpaired) electrons. The smallest absolute Gasteiger partial charge is 0.300 e. The van der Waals surface area contributed by atoms with Gasteiger partial charge in [0, 0.05) is 19.3 Å². The molecule has 0 aromatic rings. The number of hydrogen-bond donors (Lipinski definition) is 0. The van der Waals surface area contributed by atoms with E-state index in [2.05, 4.69) is 16.6 Å². The van der Waals surface area contributed by atoms with Crippen LogP contribution in [-0.4, -0.2) is 23.3 Å². The Morgan fingerprint density at radius 2 is 1.19 bits per heavy atom. The first-order chi connectivity index (χ1) is 10.0. The first kappa shape index (κ1) is 19.4. The van der Waals surface area contributed by atoms with Crippen LogP contribution >= 0.6 is 0 Å². The number of rotatable bonds is 11. The summed E-state index contributed by atoms with van der Waals surface area (Å²) in [5.41, 5.74) is 0. The zero-order valence-electron chi connectivity index (χ0n) is 13.1. The van der Waals surface area contributed by atoms with Crippen LogP contribution in [0, 0.1) is 0 Å². The molecule has 0 aliphatic heterocycles. The molecule has 0 atom stereocenters. The Balaban J connectivity index is 4.15.